The fourth-order valence-corrected chi connectivity index (χ4v) is 4.00. The standard InChI is InChI=1S/C19H19N5O3S/c1-11-12(2)28-19(21-11)23-16(25)13-5-7-24(8-6-13)18-14(10-20)22-17(27-18)15-4-3-9-26-15/h3-4,9,13H,5-8H2,1-2H3,(H,21,23,25). The molecule has 9 heteroatoms. The van der Waals surface area contributed by atoms with Crippen molar-refractivity contribution in [2.45, 2.75) is 26.7 Å². The van der Waals surface area contributed by atoms with Crippen molar-refractivity contribution in [2.24, 2.45) is 5.92 Å². The number of anilines is 2. The lowest BCUT2D eigenvalue weighted by atomic mass is 9.96. The number of hydrogen-bond acceptors (Lipinski definition) is 8. The number of thiazole rings is 1. The molecular formula is C19H19N5O3S. The second-order valence-electron chi connectivity index (χ2n) is 6.67. The molecule has 1 amide bonds. The van der Waals surface area contributed by atoms with Crippen LogP contribution in [0.15, 0.2) is 27.2 Å². The predicted octanol–water partition coefficient (Wildman–Crippen LogP) is 3.73. The number of oxazole rings is 1. The predicted molar refractivity (Wildman–Crippen MR) is 104 cm³/mol. The first kappa shape index (κ1) is 18.3. The molecule has 0 atom stereocenters. The lowest BCUT2D eigenvalue weighted by Gasteiger charge is -2.30. The van der Waals surface area contributed by atoms with Crippen molar-refractivity contribution in [1.29, 1.82) is 5.26 Å². The number of nitriles is 1. The maximum atomic E-state index is 12.6. The monoisotopic (exact) mass is 397 g/mol. The number of carbonyl (C=O) groups excluding carboxylic acids is 1. The van der Waals surface area contributed by atoms with Crippen molar-refractivity contribution in [3.05, 3.63) is 34.7 Å². The average molecular weight is 397 g/mol. The largest absolute Gasteiger partial charge is 0.459 e. The molecule has 3 aromatic heterocycles. The number of aryl methyl sites for hydroxylation is 2. The molecule has 3 aromatic rings. The average Bonchev–Trinajstić information content (AvgIpc) is 3.42. The lowest BCUT2D eigenvalue weighted by Crippen LogP contribution is -2.38. The number of rotatable bonds is 4. The third-order valence-corrected chi connectivity index (χ3v) is 5.85. The van der Waals surface area contributed by atoms with Crippen molar-refractivity contribution >= 4 is 28.3 Å². The van der Waals surface area contributed by atoms with Gasteiger partial charge in [-0.05, 0) is 38.8 Å². The summed E-state index contributed by atoms with van der Waals surface area (Å²) in [6, 6.07) is 5.54. The van der Waals surface area contributed by atoms with E-state index in [0.717, 1.165) is 10.6 Å². The quantitative estimate of drug-likeness (QED) is 0.714. The first-order chi connectivity index (χ1) is 13.5. The smallest absolute Gasteiger partial charge is 0.266 e. The first-order valence-electron chi connectivity index (χ1n) is 9.00. The van der Waals surface area contributed by atoms with Gasteiger partial charge in [0, 0.05) is 23.9 Å². The highest BCUT2D eigenvalue weighted by atomic mass is 32.1. The molecule has 4 rings (SSSR count). The van der Waals surface area contributed by atoms with Gasteiger partial charge in [0.15, 0.2) is 10.9 Å². The maximum absolute atomic E-state index is 12.6. The number of furan rings is 1. The van der Waals surface area contributed by atoms with E-state index in [9.17, 15) is 10.1 Å². The van der Waals surface area contributed by atoms with Crippen molar-refractivity contribution < 1.29 is 13.6 Å². The van der Waals surface area contributed by atoms with Crippen LogP contribution >= 0.6 is 11.3 Å². The Balaban J connectivity index is 1.41. The Morgan fingerprint density at radius 2 is 2.14 bits per heavy atom. The molecule has 0 spiro atoms. The van der Waals surface area contributed by atoms with Crippen LogP contribution in [0.2, 0.25) is 0 Å². The van der Waals surface area contributed by atoms with E-state index in [1.165, 1.54) is 17.6 Å². The Labute approximate surface area is 165 Å². The number of nitrogens with one attached hydrogen (secondary N) is 1. The molecule has 0 unspecified atom stereocenters. The highest BCUT2D eigenvalue weighted by Crippen LogP contribution is 2.31. The highest BCUT2D eigenvalue weighted by Gasteiger charge is 2.29. The molecule has 1 fully saturated rings. The third kappa shape index (κ3) is 3.51. The fraction of sp³-hybridized carbons (Fsp3) is 0.368. The summed E-state index contributed by atoms with van der Waals surface area (Å²) in [5, 5.41) is 13.0. The molecule has 8 nitrogen and oxygen atoms in total. The normalized spacial score (nSPS) is 14.8. The second-order valence-corrected chi connectivity index (χ2v) is 7.88. The van der Waals surface area contributed by atoms with Crippen LogP contribution in [0.1, 0.15) is 29.1 Å². The van der Waals surface area contributed by atoms with E-state index in [1.807, 2.05) is 18.7 Å². The molecule has 0 aliphatic carbocycles. The minimum atomic E-state index is -0.0984. The van der Waals surface area contributed by atoms with Crippen LogP contribution in [0.25, 0.3) is 11.7 Å². The number of aromatic nitrogens is 2. The number of nitrogens with zero attached hydrogens (tertiary/aromatic N) is 4. The Hall–Kier alpha value is -3.12. The van der Waals surface area contributed by atoms with E-state index in [-0.39, 0.29) is 23.4 Å². The molecule has 1 aliphatic rings. The summed E-state index contributed by atoms with van der Waals surface area (Å²) >= 11 is 1.49. The van der Waals surface area contributed by atoms with Crippen molar-refractivity contribution in [3.63, 3.8) is 0 Å². The van der Waals surface area contributed by atoms with Gasteiger partial charge in [-0.25, -0.2) is 4.98 Å². The van der Waals surface area contributed by atoms with Crippen LogP contribution < -0.4 is 10.2 Å². The van der Waals surface area contributed by atoms with E-state index >= 15 is 0 Å². The van der Waals surface area contributed by atoms with E-state index in [1.54, 1.807) is 12.1 Å². The molecular weight excluding hydrogens is 378 g/mol. The van der Waals surface area contributed by atoms with Gasteiger partial charge in [0.2, 0.25) is 17.5 Å². The van der Waals surface area contributed by atoms with E-state index in [4.69, 9.17) is 8.83 Å². The lowest BCUT2D eigenvalue weighted by molar-refractivity contribution is -0.120. The summed E-state index contributed by atoms with van der Waals surface area (Å²) < 4.78 is 11.1. The number of amides is 1. The Kier molecular flexibility index (Phi) is 4.88. The summed E-state index contributed by atoms with van der Waals surface area (Å²) in [6.45, 7) is 5.13. The SMILES string of the molecule is Cc1nc(NC(=O)C2CCN(c3oc(-c4ccco4)nc3C#N)CC2)sc1C. The van der Waals surface area contributed by atoms with Crippen LogP contribution in [-0.2, 0) is 4.79 Å². The molecule has 1 N–H and O–H groups in total. The molecule has 28 heavy (non-hydrogen) atoms. The van der Waals surface area contributed by atoms with Crippen molar-refractivity contribution in [3.8, 4) is 17.7 Å². The Morgan fingerprint density at radius 1 is 1.36 bits per heavy atom. The minimum absolute atomic E-state index is 0.0113. The van der Waals surface area contributed by atoms with Gasteiger partial charge < -0.3 is 19.1 Å². The molecule has 0 saturated carbocycles. The summed E-state index contributed by atoms with van der Waals surface area (Å²) in [6.07, 6.45) is 2.86. The van der Waals surface area contributed by atoms with E-state index < -0.39 is 0 Å². The molecule has 1 aliphatic heterocycles. The Morgan fingerprint density at radius 3 is 2.75 bits per heavy atom. The minimum Gasteiger partial charge on any atom is -0.459 e. The first-order valence-corrected chi connectivity index (χ1v) is 9.81. The highest BCUT2D eigenvalue weighted by molar-refractivity contribution is 7.15. The summed E-state index contributed by atoms with van der Waals surface area (Å²) in [5.74, 6) is 1.08. The van der Waals surface area contributed by atoms with Gasteiger partial charge in [0.1, 0.15) is 6.07 Å². The second kappa shape index (κ2) is 7.48. The van der Waals surface area contributed by atoms with Gasteiger partial charge in [-0.1, -0.05) is 0 Å². The maximum Gasteiger partial charge on any atom is 0.266 e. The zero-order chi connectivity index (χ0) is 19.7. The molecule has 1 saturated heterocycles. The summed E-state index contributed by atoms with van der Waals surface area (Å²) in [5.41, 5.74) is 1.17. The van der Waals surface area contributed by atoms with Gasteiger partial charge in [-0.2, -0.15) is 10.2 Å². The molecule has 144 valence electrons. The molecule has 4 heterocycles. The van der Waals surface area contributed by atoms with Crippen LogP contribution in [0.4, 0.5) is 11.0 Å². The Bertz CT molecular complexity index is 1000. The van der Waals surface area contributed by atoms with E-state index in [2.05, 4.69) is 21.4 Å². The zero-order valence-electron chi connectivity index (χ0n) is 15.6. The fourth-order valence-electron chi connectivity index (χ4n) is 3.18. The molecule has 0 aromatic carbocycles. The van der Waals surface area contributed by atoms with Crippen LogP contribution in [0, 0.1) is 31.1 Å². The number of piperidine rings is 1. The van der Waals surface area contributed by atoms with Gasteiger partial charge in [-0.3, -0.25) is 4.79 Å². The molecule has 0 radical (unpaired) electrons. The van der Waals surface area contributed by atoms with Gasteiger partial charge in [-0.15, -0.1) is 11.3 Å². The van der Waals surface area contributed by atoms with Crippen LogP contribution in [0.3, 0.4) is 0 Å². The van der Waals surface area contributed by atoms with Crippen LogP contribution in [-0.4, -0.2) is 29.0 Å². The van der Waals surface area contributed by atoms with Crippen molar-refractivity contribution in [2.75, 3.05) is 23.3 Å². The topological polar surface area (TPSA) is 108 Å². The van der Waals surface area contributed by atoms with E-state index in [0.29, 0.717) is 42.7 Å². The van der Waals surface area contributed by atoms with Crippen LogP contribution in [0.5, 0.6) is 0 Å². The zero-order valence-corrected chi connectivity index (χ0v) is 16.4. The number of hydrogen-bond donors (Lipinski definition) is 1. The van der Waals surface area contributed by atoms with Gasteiger partial charge >= 0.3 is 0 Å². The molecule has 0 bridgehead atoms. The number of carbonyl (C=O) groups is 1. The van der Waals surface area contributed by atoms with Gasteiger partial charge in [0.05, 0.1) is 12.0 Å². The third-order valence-electron chi connectivity index (χ3n) is 4.86. The van der Waals surface area contributed by atoms with Crippen molar-refractivity contribution in [1.82, 2.24) is 9.97 Å². The summed E-state index contributed by atoms with van der Waals surface area (Å²) in [4.78, 5) is 24.2. The summed E-state index contributed by atoms with van der Waals surface area (Å²) in [7, 11) is 0. The van der Waals surface area contributed by atoms with Gasteiger partial charge in [0.25, 0.3) is 5.89 Å².